The normalized spacial score (nSPS) is 15.9. The van der Waals surface area contributed by atoms with Crippen molar-refractivity contribution in [2.24, 2.45) is 0 Å². The van der Waals surface area contributed by atoms with Gasteiger partial charge in [-0.25, -0.2) is 0 Å². The number of hydrogen-bond acceptors (Lipinski definition) is 4. The molecule has 0 saturated heterocycles. The van der Waals surface area contributed by atoms with E-state index in [1.54, 1.807) is 7.11 Å². The van der Waals surface area contributed by atoms with Gasteiger partial charge in [0.15, 0.2) is 0 Å². The number of nitrogens with zero attached hydrogens (tertiary/aromatic N) is 1. The molecule has 3 aromatic rings. The molecule has 4 heteroatoms. The van der Waals surface area contributed by atoms with Gasteiger partial charge in [-0.15, -0.1) is 0 Å². The van der Waals surface area contributed by atoms with Crippen molar-refractivity contribution in [3.05, 3.63) is 65.0 Å². The van der Waals surface area contributed by atoms with Crippen LogP contribution in [0.15, 0.2) is 47.0 Å². The number of nitrogens with one attached hydrogen (secondary N) is 1. The second-order valence-corrected chi connectivity index (χ2v) is 6.52. The van der Waals surface area contributed by atoms with Crippen LogP contribution in [0.2, 0.25) is 0 Å². The van der Waals surface area contributed by atoms with E-state index in [1.807, 2.05) is 19.1 Å². The highest BCUT2D eigenvalue weighted by Gasteiger charge is 2.29. The first-order valence-corrected chi connectivity index (χ1v) is 8.63. The monoisotopic (exact) mass is 334 g/mol. The molecule has 128 valence electrons. The maximum Gasteiger partial charge on any atom is 0.144 e. The summed E-state index contributed by atoms with van der Waals surface area (Å²) in [5, 5.41) is 7.89. The second-order valence-electron chi connectivity index (χ2n) is 6.52. The highest BCUT2D eigenvalue weighted by Crippen LogP contribution is 2.43. The van der Waals surface area contributed by atoms with Crippen LogP contribution in [-0.2, 0) is 6.42 Å². The Kier molecular flexibility index (Phi) is 3.96. The predicted molar refractivity (Wildman–Crippen MR) is 99.1 cm³/mol. The molecule has 1 aliphatic rings. The van der Waals surface area contributed by atoms with Gasteiger partial charge in [0.25, 0.3) is 0 Å². The molecule has 1 unspecified atom stereocenters. The van der Waals surface area contributed by atoms with Crippen LogP contribution in [0.5, 0.6) is 5.75 Å². The number of aromatic nitrogens is 1. The van der Waals surface area contributed by atoms with Crippen molar-refractivity contribution in [1.82, 2.24) is 5.16 Å². The third-order valence-corrected chi connectivity index (χ3v) is 5.01. The fraction of sp³-hybridized carbons (Fsp3) is 0.286. The lowest BCUT2D eigenvalue weighted by molar-refractivity contribution is 0.375. The van der Waals surface area contributed by atoms with Crippen molar-refractivity contribution in [2.75, 3.05) is 12.4 Å². The van der Waals surface area contributed by atoms with Crippen LogP contribution in [0.3, 0.4) is 0 Å². The smallest absolute Gasteiger partial charge is 0.144 e. The van der Waals surface area contributed by atoms with Crippen LogP contribution >= 0.6 is 0 Å². The third kappa shape index (κ3) is 2.68. The summed E-state index contributed by atoms with van der Waals surface area (Å²) in [7, 11) is 1.72. The molecule has 0 fully saturated rings. The van der Waals surface area contributed by atoms with E-state index < -0.39 is 0 Å². The van der Waals surface area contributed by atoms with Crippen molar-refractivity contribution >= 4 is 5.69 Å². The van der Waals surface area contributed by atoms with Gasteiger partial charge in [0.1, 0.15) is 11.5 Å². The number of ether oxygens (including phenoxy) is 1. The zero-order valence-electron chi connectivity index (χ0n) is 14.8. The van der Waals surface area contributed by atoms with Crippen LogP contribution in [0.4, 0.5) is 5.69 Å². The Morgan fingerprint density at radius 3 is 2.68 bits per heavy atom. The number of para-hydroxylation sites is 1. The molecule has 1 aliphatic carbocycles. The Morgan fingerprint density at radius 1 is 1.12 bits per heavy atom. The molecular formula is C21H22N2O2. The Morgan fingerprint density at radius 2 is 1.92 bits per heavy atom. The van der Waals surface area contributed by atoms with Crippen LogP contribution < -0.4 is 10.1 Å². The number of methoxy groups -OCH3 is 1. The molecule has 1 atom stereocenters. The van der Waals surface area contributed by atoms with E-state index >= 15 is 0 Å². The van der Waals surface area contributed by atoms with Gasteiger partial charge in [-0.3, -0.25) is 0 Å². The van der Waals surface area contributed by atoms with E-state index in [0.29, 0.717) is 0 Å². The molecular weight excluding hydrogens is 312 g/mol. The number of aryl methyl sites for hydroxylation is 2. The topological polar surface area (TPSA) is 47.3 Å². The summed E-state index contributed by atoms with van der Waals surface area (Å²) in [6.45, 7) is 4.14. The van der Waals surface area contributed by atoms with Gasteiger partial charge in [0.05, 0.1) is 18.8 Å². The lowest BCUT2D eigenvalue weighted by atomic mass is 9.91. The Balaban J connectivity index is 1.88. The zero-order chi connectivity index (χ0) is 17.4. The summed E-state index contributed by atoms with van der Waals surface area (Å²) in [5.74, 6) is 1.89. The van der Waals surface area contributed by atoms with Crippen molar-refractivity contribution in [2.45, 2.75) is 32.7 Å². The number of benzene rings is 2. The summed E-state index contributed by atoms with van der Waals surface area (Å²) in [5.41, 5.74) is 6.83. The van der Waals surface area contributed by atoms with E-state index in [4.69, 9.17) is 9.26 Å². The number of hydrogen-bond donors (Lipinski definition) is 1. The molecule has 4 rings (SSSR count). The van der Waals surface area contributed by atoms with Gasteiger partial charge in [-0.2, -0.15) is 0 Å². The van der Waals surface area contributed by atoms with Crippen molar-refractivity contribution in [3.8, 4) is 16.9 Å². The first-order chi connectivity index (χ1) is 12.2. The van der Waals surface area contributed by atoms with Crippen LogP contribution in [0, 0.1) is 13.8 Å². The van der Waals surface area contributed by atoms with Gasteiger partial charge >= 0.3 is 0 Å². The van der Waals surface area contributed by atoms with Gasteiger partial charge in [0, 0.05) is 17.7 Å². The number of rotatable bonds is 3. The Hall–Kier alpha value is -2.75. The average Bonchev–Trinajstić information content (AvgIpc) is 2.91. The summed E-state index contributed by atoms with van der Waals surface area (Å²) in [6, 6.07) is 14.7. The Bertz CT molecular complexity index is 900. The number of anilines is 1. The quantitative estimate of drug-likeness (QED) is 0.727. The fourth-order valence-corrected chi connectivity index (χ4v) is 3.83. The molecule has 0 aliphatic heterocycles. The van der Waals surface area contributed by atoms with Crippen LogP contribution in [-0.4, -0.2) is 12.3 Å². The molecule has 4 nitrogen and oxygen atoms in total. The second kappa shape index (κ2) is 6.28. The summed E-state index contributed by atoms with van der Waals surface area (Å²) in [6.07, 6.45) is 1.80. The predicted octanol–water partition coefficient (Wildman–Crippen LogP) is 5.07. The largest absolute Gasteiger partial charge is 0.496 e. The SMILES string of the molecule is COc1ccc2c(c1C)C(Nc1ccccc1)CCc1onc(C)c1-2. The lowest BCUT2D eigenvalue weighted by Crippen LogP contribution is -2.13. The van der Waals surface area contributed by atoms with Gasteiger partial charge < -0.3 is 14.6 Å². The highest BCUT2D eigenvalue weighted by atomic mass is 16.5. The molecule has 0 bridgehead atoms. The minimum absolute atomic E-state index is 0.189. The van der Waals surface area contributed by atoms with Crippen LogP contribution in [0.1, 0.15) is 35.0 Å². The molecule has 1 aromatic heterocycles. The lowest BCUT2D eigenvalue weighted by Gasteiger charge is -2.24. The molecule has 0 saturated carbocycles. The first-order valence-electron chi connectivity index (χ1n) is 8.63. The fourth-order valence-electron chi connectivity index (χ4n) is 3.83. The highest BCUT2D eigenvalue weighted by molar-refractivity contribution is 5.76. The van der Waals surface area contributed by atoms with Crippen LogP contribution in [0.25, 0.3) is 11.1 Å². The summed E-state index contributed by atoms with van der Waals surface area (Å²) >= 11 is 0. The summed E-state index contributed by atoms with van der Waals surface area (Å²) < 4.78 is 11.2. The molecule has 1 N–H and O–H groups in total. The summed E-state index contributed by atoms with van der Waals surface area (Å²) in [4.78, 5) is 0. The molecule has 25 heavy (non-hydrogen) atoms. The molecule has 0 spiro atoms. The van der Waals surface area contributed by atoms with Gasteiger partial charge in [-0.05, 0) is 55.2 Å². The maximum absolute atomic E-state index is 5.61. The maximum atomic E-state index is 5.61. The van der Waals surface area contributed by atoms with Crippen molar-refractivity contribution < 1.29 is 9.26 Å². The molecule has 0 amide bonds. The van der Waals surface area contributed by atoms with Crippen molar-refractivity contribution in [1.29, 1.82) is 0 Å². The van der Waals surface area contributed by atoms with E-state index in [9.17, 15) is 0 Å². The Labute approximate surface area is 147 Å². The molecule has 1 heterocycles. The van der Waals surface area contributed by atoms with E-state index in [2.05, 4.69) is 47.7 Å². The average molecular weight is 334 g/mol. The van der Waals surface area contributed by atoms with E-state index in [-0.39, 0.29) is 6.04 Å². The minimum atomic E-state index is 0.189. The zero-order valence-corrected chi connectivity index (χ0v) is 14.8. The minimum Gasteiger partial charge on any atom is -0.496 e. The van der Waals surface area contributed by atoms with E-state index in [1.165, 1.54) is 16.7 Å². The molecule has 2 aromatic carbocycles. The standard InChI is InChI=1S/C21H22N2O2/c1-13-18(24-3)11-9-16-20(13)17(22-15-7-5-4-6-8-15)10-12-19-21(16)14(2)23-25-19/h4-9,11,17,22H,10,12H2,1-3H3. The number of fused-ring (bicyclic) bond motifs is 3. The van der Waals surface area contributed by atoms with Gasteiger partial charge in [0.2, 0.25) is 0 Å². The van der Waals surface area contributed by atoms with E-state index in [0.717, 1.165) is 41.3 Å². The third-order valence-electron chi connectivity index (χ3n) is 5.01. The first kappa shape index (κ1) is 15.8. The van der Waals surface area contributed by atoms with Gasteiger partial charge in [-0.1, -0.05) is 29.4 Å². The van der Waals surface area contributed by atoms with Crippen molar-refractivity contribution in [3.63, 3.8) is 0 Å². The molecule has 0 radical (unpaired) electrons.